The van der Waals surface area contributed by atoms with Crippen molar-refractivity contribution in [3.63, 3.8) is 0 Å². The van der Waals surface area contributed by atoms with E-state index in [-0.39, 0.29) is 5.58 Å². The Kier molecular flexibility index (Phi) is 3.27. The highest BCUT2D eigenvalue weighted by molar-refractivity contribution is 5.83. The smallest absolute Gasteiger partial charge is 0.170 e. The van der Waals surface area contributed by atoms with E-state index in [4.69, 9.17) is 4.42 Å². The van der Waals surface area contributed by atoms with Crippen LogP contribution in [0.25, 0.3) is 11.0 Å². The Hall–Kier alpha value is -1.42. The quantitative estimate of drug-likeness (QED) is 0.886. The second-order valence-electron chi connectivity index (χ2n) is 5.17. The second-order valence-corrected chi connectivity index (χ2v) is 5.17. The first kappa shape index (κ1) is 12.6. The molecule has 1 heterocycles. The molecular weight excluding hydrogens is 248 g/mol. The summed E-state index contributed by atoms with van der Waals surface area (Å²) in [4.78, 5) is 0. The second kappa shape index (κ2) is 4.93. The zero-order valence-corrected chi connectivity index (χ0v) is 10.9. The average Bonchev–Trinajstić information content (AvgIpc) is 3.13. The van der Waals surface area contributed by atoms with E-state index in [9.17, 15) is 8.78 Å². The van der Waals surface area contributed by atoms with Crippen molar-refractivity contribution in [3.8, 4) is 0 Å². The fourth-order valence-electron chi connectivity index (χ4n) is 2.41. The lowest BCUT2D eigenvalue weighted by Crippen LogP contribution is -2.15. The highest BCUT2D eigenvalue weighted by Gasteiger charge is 2.23. The molecule has 102 valence electrons. The summed E-state index contributed by atoms with van der Waals surface area (Å²) in [5.74, 6) is -0.428. The molecule has 1 aromatic carbocycles. The molecule has 19 heavy (non-hydrogen) atoms. The van der Waals surface area contributed by atoms with Crippen LogP contribution < -0.4 is 5.32 Å². The first-order valence-electron chi connectivity index (χ1n) is 6.81. The van der Waals surface area contributed by atoms with Crippen LogP contribution in [0.4, 0.5) is 8.78 Å². The molecule has 0 saturated heterocycles. The van der Waals surface area contributed by atoms with Crippen LogP contribution >= 0.6 is 0 Å². The van der Waals surface area contributed by atoms with Gasteiger partial charge in [-0.2, -0.15) is 0 Å². The number of aryl methyl sites for hydroxylation is 1. The summed E-state index contributed by atoms with van der Waals surface area (Å²) >= 11 is 0. The summed E-state index contributed by atoms with van der Waals surface area (Å²) < 4.78 is 32.7. The summed E-state index contributed by atoms with van der Waals surface area (Å²) in [6, 6.07) is 2.80. The van der Waals surface area contributed by atoms with Crippen molar-refractivity contribution in [2.24, 2.45) is 0 Å². The molecule has 1 aromatic heterocycles. The van der Waals surface area contributed by atoms with Gasteiger partial charge in [0.05, 0.1) is 6.54 Å². The van der Waals surface area contributed by atoms with E-state index < -0.39 is 11.6 Å². The van der Waals surface area contributed by atoms with Crippen molar-refractivity contribution in [1.29, 1.82) is 0 Å². The Morgan fingerprint density at radius 3 is 2.79 bits per heavy atom. The van der Waals surface area contributed by atoms with Gasteiger partial charge >= 0.3 is 0 Å². The van der Waals surface area contributed by atoms with Crippen molar-refractivity contribution in [2.45, 2.75) is 45.2 Å². The maximum Gasteiger partial charge on any atom is 0.170 e. The molecule has 4 heteroatoms. The Balaban J connectivity index is 2.03. The van der Waals surface area contributed by atoms with Crippen molar-refractivity contribution in [2.75, 3.05) is 0 Å². The number of fused-ring (bicyclic) bond motifs is 1. The fraction of sp³-hybridized carbons (Fsp3) is 0.467. The van der Waals surface area contributed by atoms with Gasteiger partial charge in [0, 0.05) is 23.1 Å². The topological polar surface area (TPSA) is 25.2 Å². The predicted octanol–water partition coefficient (Wildman–Crippen LogP) is 3.92. The van der Waals surface area contributed by atoms with Gasteiger partial charge in [-0.1, -0.05) is 13.3 Å². The van der Waals surface area contributed by atoms with Gasteiger partial charge in [-0.3, -0.25) is 0 Å². The molecule has 1 saturated carbocycles. The Labute approximate surface area is 110 Å². The lowest BCUT2D eigenvalue weighted by atomic mass is 10.1. The summed E-state index contributed by atoms with van der Waals surface area (Å²) in [6.45, 7) is 2.64. The number of benzene rings is 1. The Morgan fingerprint density at radius 2 is 2.11 bits per heavy atom. The minimum atomic E-state index is -0.620. The average molecular weight is 265 g/mol. The number of halogens is 2. The molecule has 1 aliphatic rings. The van der Waals surface area contributed by atoms with Crippen LogP contribution in [0.1, 0.15) is 37.5 Å². The fourth-order valence-corrected chi connectivity index (χ4v) is 2.41. The van der Waals surface area contributed by atoms with Crippen LogP contribution in [0.2, 0.25) is 0 Å². The number of nitrogens with one attached hydrogen (secondary N) is 1. The standard InChI is InChI=1S/C15H17F2NO/c1-2-3-11-12-6-9(16)7-13(17)15(12)19-14(11)8-18-10-4-5-10/h6-7,10,18H,2-5,8H2,1H3. The first-order valence-corrected chi connectivity index (χ1v) is 6.81. The molecule has 1 fully saturated rings. The van der Waals surface area contributed by atoms with E-state index in [1.165, 1.54) is 18.9 Å². The molecule has 1 aliphatic carbocycles. The van der Waals surface area contributed by atoms with Gasteiger partial charge in [0.1, 0.15) is 11.6 Å². The summed E-state index contributed by atoms with van der Waals surface area (Å²) in [5.41, 5.74) is 1.11. The van der Waals surface area contributed by atoms with Gasteiger partial charge < -0.3 is 9.73 Å². The van der Waals surface area contributed by atoms with E-state index in [1.807, 2.05) is 6.92 Å². The summed E-state index contributed by atoms with van der Waals surface area (Å²) in [7, 11) is 0. The third-order valence-electron chi connectivity index (χ3n) is 3.52. The molecule has 1 N–H and O–H groups in total. The van der Waals surface area contributed by atoms with Gasteiger partial charge in [-0.25, -0.2) is 8.78 Å². The minimum Gasteiger partial charge on any atom is -0.456 e. The maximum absolute atomic E-state index is 13.7. The molecule has 2 aromatic rings. The van der Waals surface area contributed by atoms with Crippen molar-refractivity contribution < 1.29 is 13.2 Å². The zero-order chi connectivity index (χ0) is 13.4. The molecule has 0 amide bonds. The highest BCUT2D eigenvalue weighted by atomic mass is 19.1. The number of rotatable bonds is 5. The molecule has 0 radical (unpaired) electrons. The third kappa shape index (κ3) is 2.50. The van der Waals surface area contributed by atoms with Gasteiger partial charge in [0.25, 0.3) is 0 Å². The largest absolute Gasteiger partial charge is 0.456 e. The number of furan rings is 1. The Bertz CT molecular complexity index is 602. The van der Waals surface area contributed by atoms with Crippen LogP contribution in [0.5, 0.6) is 0 Å². The van der Waals surface area contributed by atoms with Gasteiger partial charge in [0.15, 0.2) is 11.4 Å². The first-order chi connectivity index (χ1) is 9.19. The summed E-state index contributed by atoms with van der Waals surface area (Å²) in [5, 5.41) is 3.93. The van der Waals surface area contributed by atoms with E-state index in [2.05, 4.69) is 5.32 Å². The normalized spacial score (nSPS) is 15.3. The minimum absolute atomic E-state index is 0.178. The van der Waals surface area contributed by atoms with Gasteiger partial charge in [-0.15, -0.1) is 0 Å². The molecular formula is C15H17F2NO. The molecule has 2 nitrogen and oxygen atoms in total. The SMILES string of the molecule is CCCc1c(CNC2CC2)oc2c(F)cc(F)cc12. The molecule has 0 bridgehead atoms. The lowest BCUT2D eigenvalue weighted by molar-refractivity contribution is 0.486. The van der Waals surface area contributed by atoms with Gasteiger partial charge in [-0.05, 0) is 25.3 Å². The highest BCUT2D eigenvalue weighted by Crippen LogP contribution is 2.30. The van der Waals surface area contributed by atoms with Crippen molar-refractivity contribution >= 4 is 11.0 Å². The number of hydrogen-bond acceptors (Lipinski definition) is 2. The number of hydrogen-bond donors (Lipinski definition) is 1. The molecule has 0 unspecified atom stereocenters. The lowest BCUT2D eigenvalue weighted by Gasteiger charge is -2.02. The van der Waals surface area contributed by atoms with Crippen LogP contribution in [0, 0.1) is 11.6 Å². The Morgan fingerprint density at radius 1 is 1.32 bits per heavy atom. The van der Waals surface area contributed by atoms with Crippen LogP contribution in [0.15, 0.2) is 16.5 Å². The monoisotopic (exact) mass is 265 g/mol. The summed E-state index contributed by atoms with van der Waals surface area (Å²) in [6.07, 6.45) is 4.07. The molecule has 0 spiro atoms. The van der Waals surface area contributed by atoms with E-state index in [0.29, 0.717) is 18.0 Å². The van der Waals surface area contributed by atoms with E-state index >= 15 is 0 Å². The van der Waals surface area contributed by atoms with Crippen LogP contribution in [-0.2, 0) is 13.0 Å². The van der Waals surface area contributed by atoms with Crippen LogP contribution in [0.3, 0.4) is 0 Å². The maximum atomic E-state index is 13.7. The van der Waals surface area contributed by atoms with Gasteiger partial charge in [0.2, 0.25) is 0 Å². The third-order valence-corrected chi connectivity index (χ3v) is 3.52. The van der Waals surface area contributed by atoms with Crippen LogP contribution in [-0.4, -0.2) is 6.04 Å². The molecule has 0 aliphatic heterocycles. The van der Waals surface area contributed by atoms with E-state index in [0.717, 1.165) is 30.2 Å². The van der Waals surface area contributed by atoms with E-state index in [1.54, 1.807) is 0 Å². The van der Waals surface area contributed by atoms with Crippen molar-refractivity contribution in [1.82, 2.24) is 5.32 Å². The van der Waals surface area contributed by atoms with Crippen molar-refractivity contribution in [3.05, 3.63) is 35.1 Å². The zero-order valence-electron chi connectivity index (χ0n) is 10.9. The predicted molar refractivity (Wildman–Crippen MR) is 70.0 cm³/mol. The molecule has 3 rings (SSSR count). The molecule has 0 atom stereocenters.